The van der Waals surface area contributed by atoms with Crippen molar-refractivity contribution in [3.05, 3.63) is 38.3 Å². The summed E-state index contributed by atoms with van der Waals surface area (Å²) in [5.41, 5.74) is 1.06. The zero-order valence-electron chi connectivity index (χ0n) is 9.91. The molecule has 0 saturated carbocycles. The predicted octanol–water partition coefficient (Wildman–Crippen LogP) is 3.64. The molecule has 17 heavy (non-hydrogen) atoms. The second-order valence-electron chi connectivity index (χ2n) is 3.93. The Kier molecular flexibility index (Phi) is 6.15. The first-order valence-corrected chi connectivity index (χ1v) is 6.58. The molecule has 0 heterocycles. The molecule has 0 unspecified atom stereocenters. The summed E-state index contributed by atoms with van der Waals surface area (Å²) >= 11 is 3.17. The largest absolute Gasteiger partial charge is 0.313 e. The Balaban J connectivity index is 2.49. The lowest BCUT2D eigenvalue weighted by atomic mass is 10.2. The molecule has 0 fully saturated rings. The molecular weight excluding hydrogens is 284 g/mol. The maximum absolute atomic E-state index is 10.7. The highest BCUT2D eigenvalue weighted by Gasteiger charge is 2.11. The quantitative estimate of drug-likeness (QED) is 0.475. The van der Waals surface area contributed by atoms with Crippen LogP contribution < -0.4 is 5.32 Å². The Labute approximate surface area is 110 Å². The smallest absolute Gasteiger partial charge is 0.283 e. The molecule has 1 rings (SSSR count). The van der Waals surface area contributed by atoms with E-state index in [1.807, 2.05) is 6.07 Å². The summed E-state index contributed by atoms with van der Waals surface area (Å²) in [5, 5.41) is 14.0. The van der Waals surface area contributed by atoms with Crippen LogP contribution in [0.5, 0.6) is 0 Å². The fourth-order valence-electron chi connectivity index (χ4n) is 1.54. The lowest BCUT2D eigenvalue weighted by molar-refractivity contribution is -0.385. The van der Waals surface area contributed by atoms with Gasteiger partial charge >= 0.3 is 0 Å². The monoisotopic (exact) mass is 300 g/mol. The number of nitrogens with zero attached hydrogens (tertiary/aromatic N) is 1. The van der Waals surface area contributed by atoms with E-state index >= 15 is 0 Å². The van der Waals surface area contributed by atoms with E-state index in [0.717, 1.165) is 18.5 Å². The molecule has 0 saturated heterocycles. The summed E-state index contributed by atoms with van der Waals surface area (Å²) in [6, 6.07) is 5.22. The first-order chi connectivity index (χ1) is 8.15. The molecule has 1 N–H and O–H groups in total. The van der Waals surface area contributed by atoms with Crippen LogP contribution in [0.3, 0.4) is 0 Å². The highest BCUT2D eigenvalue weighted by atomic mass is 79.9. The zero-order chi connectivity index (χ0) is 12.7. The van der Waals surface area contributed by atoms with Crippen LogP contribution in [0.25, 0.3) is 0 Å². The van der Waals surface area contributed by atoms with E-state index in [0.29, 0.717) is 11.0 Å². The van der Waals surface area contributed by atoms with Crippen LogP contribution in [0, 0.1) is 10.1 Å². The van der Waals surface area contributed by atoms with Crippen LogP contribution in [0.15, 0.2) is 22.7 Å². The first kappa shape index (κ1) is 14.1. The van der Waals surface area contributed by atoms with E-state index in [1.165, 1.54) is 12.8 Å². The van der Waals surface area contributed by atoms with Crippen LogP contribution in [-0.2, 0) is 6.54 Å². The molecule has 0 aliphatic heterocycles. The van der Waals surface area contributed by atoms with Gasteiger partial charge in [0.2, 0.25) is 0 Å². The van der Waals surface area contributed by atoms with E-state index in [4.69, 9.17) is 0 Å². The Morgan fingerprint density at radius 1 is 1.41 bits per heavy atom. The van der Waals surface area contributed by atoms with Gasteiger partial charge in [0.15, 0.2) is 0 Å². The molecule has 0 radical (unpaired) electrons. The Hall–Kier alpha value is -0.940. The van der Waals surface area contributed by atoms with Crippen molar-refractivity contribution in [2.24, 2.45) is 0 Å². The summed E-state index contributed by atoms with van der Waals surface area (Å²) in [7, 11) is 0. The summed E-state index contributed by atoms with van der Waals surface area (Å²) in [6.07, 6.45) is 3.56. The topological polar surface area (TPSA) is 55.2 Å². The third-order valence-electron chi connectivity index (χ3n) is 2.49. The van der Waals surface area contributed by atoms with E-state index in [-0.39, 0.29) is 10.6 Å². The number of hydrogen-bond acceptors (Lipinski definition) is 3. The van der Waals surface area contributed by atoms with Crippen LogP contribution in [-0.4, -0.2) is 11.5 Å². The molecular formula is C12H17BrN2O2. The van der Waals surface area contributed by atoms with E-state index in [9.17, 15) is 10.1 Å². The second-order valence-corrected chi connectivity index (χ2v) is 4.78. The summed E-state index contributed by atoms with van der Waals surface area (Å²) in [4.78, 5) is 10.4. The third kappa shape index (κ3) is 4.83. The molecule has 4 nitrogen and oxygen atoms in total. The lowest BCUT2D eigenvalue weighted by Gasteiger charge is -2.05. The number of nitro benzene ring substituents is 1. The molecule has 0 aromatic heterocycles. The van der Waals surface area contributed by atoms with Gasteiger partial charge in [-0.25, -0.2) is 0 Å². The first-order valence-electron chi connectivity index (χ1n) is 5.78. The van der Waals surface area contributed by atoms with Gasteiger partial charge in [0.1, 0.15) is 0 Å². The third-order valence-corrected chi connectivity index (χ3v) is 3.16. The Morgan fingerprint density at radius 2 is 2.18 bits per heavy atom. The number of nitrogens with one attached hydrogen (secondary N) is 1. The van der Waals surface area contributed by atoms with Crippen molar-refractivity contribution in [3.8, 4) is 0 Å². The van der Waals surface area contributed by atoms with Gasteiger partial charge < -0.3 is 5.32 Å². The van der Waals surface area contributed by atoms with Crippen LogP contribution in [0.4, 0.5) is 5.69 Å². The van der Waals surface area contributed by atoms with Gasteiger partial charge in [-0.2, -0.15) is 0 Å². The molecule has 5 heteroatoms. The minimum atomic E-state index is -0.370. The van der Waals surface area contributed by atoms with Crippen molar-refractivity contribution in [2.45, 2.75) is 32.7 Å². The number of unbranched alkanes of at least 4 members (excludes halogenated alkanes) is 2. The van der Waals surface area contributed by atoms with Crippen molar-refractivity contribution in [1.82, 2.24) is 5.32 Å². The average molecular weight is 301 g/mol. The minimum absolute atomic E-state index is 0.123. The maximum atomic E-state index is 10.7. The molecule has 94 valence electrons. The molecule has 0 aliphatic carbocycles. The highest BCUT2D eigenvalue weighted by Crippen LogP contribution is 2.25. The molecule has 1 aromatic carbocycles. The van der Waals surface area contributed by atoms with E-state index in [1.54, 1.807) is 12.1 Å². The normalized spacial score (nSPS) is 10.5. The van der Waals surface area contributed by atoms with Gasteiger partial charge in [-0.1, -0.05) is 25.8 Å². The molecule has 0 bridgehead atoms. The number of halogens is 1. The summed E-state index contributed by atoms with van der Waals surface area (Å²) in [6.45, 7) is 3.80. The summed E-state index contributed by atoms with van der Waals surface area (Å²) in [5.74, 6) is 0. The SMILES string of the molecule is CCCCCNCc1ccc(Br)c([N+](=O)[O-])c1. The fourth-order valence-corrected chi connectivity index (χ4v) is 1.93. The van der Waals surface area contributed by atoms with E-state index < -0.39 is 0 Å². The molecule has 0 aliphatic rings. The second kappa shape index (κ2) is 7.40. The Bertz CT molecular complexity index is 383. The molecule has 1 aromatic rings. The lowest BCUT2D eigenvalue weighted by Crippen LogP contribution is -2.14. The average Bonchev–Trinajstić information content (AvgIpc) is 2.30. The Morgan fingerprint density at radius 3 is 2.82 bits per heavy atom. The number of rotatable bonds is 7. The fraction of sp³-hybridized carbons (Fsp3) is 0.500. The standard InChI is InChI=1S/C12H17BrN2O2/c1-2-3-4-7-14-9-10-5-6-11(13)12(8-10)15(16)17/h5-6,8,14H,2-4,7,9H2,1H3. The molecule has 0 spiro atoms. The van der Waals surface area contributed by atoms with Gasteiger partial charge in [0.05, 0.1) is 9.40 Å². The van der Waals surface area contributed by atoms with Crippen LogP contribution in [0.1, 0.15) is 31.7 Å². The number of hydrogen-bond donors (Lipinski definition) is 1. The van der Waals surface area contributed by atoms with Crippen molar-refractivity contribution in [1.29, 1.82) is 0 Å². The number of nitro groups is 1. The number of benzene rings is 1. The summed E-state index contributed by atoms with van der Waals surface area (Å²) < 4.78 is 0.525. The van der Waals surface area contributed by atoms with Gasteiger partial charge in [-0.05, 0) is 40.5 Å². The van der Waals surface area contributed by atoms with Crippen molar-refractivity contribution in [3.63, 3.8) is 0 Å². The van der Waals surface area contributed by atoms with Gasteiger partial charge in [0, 0.05) is 12.6 Å². The van der Waals surface area contributed by atoms with Gasteiger partial charge in [-0.15, -0.1) is 0 Å². The molecule has 0 amide bonds. The minimum Gasteiger partial charge on any atom is -0.313 e. The van der Waals surface area contributed by atoms with Crippen molar-refractivity contribution >= 4 is 21.6 Å². The maximum Gasteiger partial charge on any atom is 0.283 e. The van der Waals surface area contributed by atoms with Crippen LogP contribution in [0.2, 0.25) is 0 Å². The van der Waals surface area contributed by atoms with E-state index in [2.05, 4.69) is 28.2 Å². The van der Waals surface area contributed by atoms with Crippen molar-refractivity contribution < 1.29 is 4.92 Å². The van der Waals surface area contributed by atoms with Crippen molar-refractivity contribution in [2.75, 3.05) is 6.54 Å². The highest BCUT2D eigenvalue weighted by molar-refractivity contribution is 9.10. The predicted molar refractivity (Wildman–Crippen MR) is 72.0 cm³/mol. The molecule has 0 atom stereocenters. The van der Waals surface area contributed by atoms with Gasteiger partial charge in [0.25, 0.3) is 5.69 Å². The zero-order valence-corrected chi connectivity index (χ0v) is 11.5. The van der Waals surface area contributed by atoms with Crippen LogP contribution >= 0.6 is 15.9 Å². The van der Waals surface area contributed by atoms with Gasteiger partial charge in [-0.3, -0.25) is 10.1 Å².